The third-order valence-corrected chi connectivity index (χ3v) is 2.44. The molecule has 0 aromatic rings. The molecule has 0 heterocycles. The van der Waals surface area contributed by atoms with Crippen LogP contribution in [-0.2, 0) is 20.6 Å². The summed E-state index contributed by atoms with van der Waals surface area (Å²) >= 11 is -2.36. The van der Waals surface area contributed by atoms with Crippen LogP contribution in [0.4, 0.5) is 0 Å². The van der Waals surface area contributed by atoms with Crippen LogP contribution in [-0.4, -0.2) is 21.8 Å². The second-order valence-electron chi connectivity index (χ2n) is 2.49. The maximum absolute atomic E-state index is 11.1. The molecule has 0 aromatic heterocycles. The minimum atomic E-state index is -2.36. The van der Waals surface area contributed by atoms with Gasteiger partial charge in [0.15, 0.2) is 0 Å². The van der Waals surface area contributed by atoms with Gasteiger partial charge in [-0.2, -0.15) is 0 Å². The van der Waals surface area contributed by atoms with E-state index in [1.54, 1.807) is 6.08 Å². The lowest BCUT2D eigenvalue weighted by Gasteiger charge is -2.15. The van der Waals surface area contributed by atoms with Gasteiger partial charge in [0.05, 0.1) is 12.7 Å². The van der Waals surface area contributed by atoms with Crippen molar-refractivity contribution in [2.24, 2.45) is 0 Å². The quantitative estimate of drug-likeness (QED) is 0.485. The SMILES string of the molecule is COC(=O)C1=CCCC=C1S(=O)[O-]. The highest BCUT2D eigenvalue weighted by atomic mass is 32.2. The van der Waals surface area contributed by atoms with Crippen LogP contribution >= 0.6 is 0 Å². The highest BCUT2D eigenvalue weighted by Gasteiger charge is 2.17. The molecule has 0 saturated carbocycles. The number of methoxy groups -OCH3 is 1. The maximum Gasteiger partial charge on any atom is 0.338 e. The number of esters is 1. The first kappa shape index (κ1) is 10.1. The van der Waals surface area contributed by atoms with Crippen molar-refractivity contribution < 1.29 is 18.3 Å². The van der Waals surface area contributed by atoms with Crippen LogP contribution in [0, 0.1) is 0 Å². The van der Waals surface area contributed by atoms with Crippen LogP contribution in [0.3, 0.4) is 0 Å². The van der Waals surface area contributed by atoms with E-state index in [0.29, 0.717) is 12.8 Å². The molecule has 0 bridgehead atoms. The summed E-state index contributed by atoms with van der Waals surface area (Å²) in [4.78, 5) is 11.1. The molecular weight excluding hydrogens is 192 g/mol. The molecule has 13 heavy (non-hydrogen) atoms. The van der Waals surface area contributed by atoms with Crippen LogP contribution in [0.1, 0.15) is 12.8 Å². The van der Waals surface area contributed by atoms with E-state index in [0.717, 1.165) is 0 Å². The first-order valence-corrected chi connectivity index (χ1v) is 4.82. The number of hydrogen-bond acceptors (Lipinski definition) is 4. The summed E-state index contributed by atoms with van der Waals surface area (Å²) in [6, 6.07) is 0. The predicted octanol–water partition coefficient (Wildman–Crippen LogP) is 0.643. The van der Waals surface area contributed by atoms with Gasteiger partial charge in [0, 0.05) is 4.91 Å². The van der Waals surface area contributed by atoms with Gasteiger partial charge in [-0.1, -0.05) is 12.2 Å². The van der Waals surface area contributed by atoms with Crippen molar-refractivity contribution >= 4 is 17.0 Å². The molecule has 1 atom stereocenters. The fraction of sp³-hybridized carbons (Fsp3) is 0.375. The molecule has 0 aliphatic heterocycles. The molecule has 0 aromatic carbocycles. The molecular formula is C8H9O4S-. The van der Waals surface area contributed by atoms with Crippen LogP contribution in [0.2, 0.25) is 0 Å². The summed E-state index contributed by atoms with van der Waals surface area (Å²) in [5, 5.41) is 0. The zero-order valence-corrected chi connectivity index (χ0v) is 7.93. The van der Waals surface area contributed by atoms with Crippen molar-refractivity contribution in [2.45, 2.75) is 12.8 Å². The van der Waals surface area contributed by atoms with E-state index in [-0.39, 0.29) is 10.5 Å². The van der Waals surface area contributed by atoms with Gasteiger partial charge in [-0.15, -0.1) is 0 Å². The average molecular weight is 201 g/mol. The topological polar surface area (TPSA) is 66.4 Å². The molecule has 0 fully saturated rings. The van der Waals surface area contributed by atoms with Crippen molar-refractivity contribution in [3.8, 4) is 0 Å². The zero-order valence-electron chi connectivity index (χ0n) is 7.11. The predicted molar refractivity (Wildman–Crippen MR) is 46.3 cm³/mol. The van der Waals surface area contributed by atoms with Crippen LogP contribution in [0.15, 0.2) is 22.6 Å². The Balaban J connectivity index is 2.94. The summed E-state index contributed by atoms with van der Waals surface area (Å²) in [5.74, 6) is -0.602. The molecule has 4 nitrogen and oxygen atoms in total. The Hall–Kier alpha value is -0.940. The first-order valence-electron chi connectivity index (χ1n) is 3.75. The summed E-state index contributed by atoms with van der Waals surface area (Å²) < 4.78 is 25.8. The van der Waals surface area contributed by atoms with Crippen molar-refractivity contribution in [3.63, 3.8) is 0 Å². The van der Waals surface area contributed by atoms with E-state index in [1.807, 2.05) is 0 Å². The minimum Gasteiger partial charge on any atom is -0.768 e. The van der Waals surface area contributed by atoms with E-state index in [1.165, 1.54) is 13.2 Å². The summed E-state index contributed by atoms with van der Waals surface area (Å²) in [5.41, 5.74) is 0.141. The van der Waals surface area contributed by atoms with Gasteiger partial charge in [-0.3, -0.25) is 4.21 Å². The van der Waals surface area contributed by atoms with Gasteiger partial charge >= 0.3 is 5.97 Å². The van der Waals surface area contributed by atoms with E-state index >= 15 is 0 Å². The standard InChI is InChI=1S/C8H10O4S/c1-12-8(9)6-4-2-3-5-7(6)13(10)11/h4-5H,2-3H2,1H3,(H,10,11)/p-1. The molecule has 0 saturated heterocycles. The van der Waals surface area contributed by atoms with Gasteiger partial charge in [0.2, 0.25) is 0 Å². The second-order valence-corrected chi connectivity index (χ2v) is 3.40. The Morgan fingerprint density at radius 2 is 2.15 bits per heavy atom. The van der Waals surface area contributed by atoms with E-state index in [2.05, 4.69) is 4.74 Å². The average Bonchev–Trinajstić information content (AvgIpc) is 2.16. The molecule has 1 aliphatic rings. The van der Waals surface area contributed by atoms with Crippen molar-refractivity contribution in [1.82, 2.24) is 0 Å². The molecule has 1 rings (SSSR count). The molecule has 1 unspecified atom stereocenters. The van der Waals surface area contributed by atoms with Gasteiger partial charge in [-0.25, -0.2) is 4.79 Å². The van der Waals surface area contributed by atoms with Gasteiger partial charge in [-0.05, 0) is 23.9 Å². The number of carbonyl (C=O) groups is 1. The van der Waals surface area contributed by atoms with E-state index in [4.69, 9.17) is 0 Å². The number of hydrogen-bond donors (Lipinski definition) is 0. The molecule has 1 aliphatic carbocycles. The lowest BCUT2D eigenvalue weighted by atomic mass is 10.1. The number of carbonyl (C=O) groups excluding carboxylic acids is 1. The Morgan fingerprint density at radius 3 is 2.69 bits per heavy atom. The highest BCUT2D eigenvalue weighted by Crippen LogP contribution is 2.21. The van der Waals surface area contributed by atoms with Crippen molar-refractivity contribution in [2.75, 3.05) is 7.11 Å². The third kappa shape index (κ3) is 2.26. The smallest absolute Gasteiger partial charge is 0.338 e. The molecule has 72 valence electrons. The Labute approximate surface area is 78.6 Å². The number of rotatable bonds is 2. The van der Waals surface area contributed by atoms with E-state index in [9.17, 15) is 13.6 Å². The molecule has 5 heteroatoms. The van der Waals surface area contributed by atoms with Gasteiger partial charge in [0.1, 0.15) is 0 Å². The fourth-order valence-electron chi connectivity index (χ4n) is 1.10. The highest BCUT2D eigenvalue weighted by molar-refractivity contribution is 7.83. The van der Waals surface area contributed by atoms with E-state index < -0.39 is 17.0 Å². The van der Waals surface area contributed by atoms with Crippen molar-refractivity contribution in [1.29, 1.82) is 0 Å². The number of ether oxygens (including phenoxy) is 1. The molecule has 0 amide bonds. The van der Waals surface area contributed by atoms with Crippen LogP contribution in [0.25, 0.3) is 0 Å². The minimum absolute atomic E-state index is 0.0399. The molecule has 0 spiro atoms. The van der Waals surface area contributed by atoms with Crippen LogP contribution < -0.4 is 0 Å². The molecule has 0 N–H and O–H groups in total. The van der Waals surface area contributed by atoms with Crippen LogP contribution in [0.5, 0.6) is 0 Å². The first-order chi connectivity index (χ1) is 6.16. The Bertz CT molecular complexity index is 303. The largest absolute Gasteiger partial charge is 0.768 e. The third-order valence-electron chi connectivity index (χ3n) is 1.70. The maximum atomic E-state index is 11.1. The number of allylic oxidation sites excluding steroid dienone is 2. The van der Waals surface area contributed by atoms with Gasteiger partial charge in [0.25, 0.3) is 0 Å². The summed E-state index contributed by atoms with van der Waals surface area (Å²) in [6.07, 6.45) is 4.42. The fourth-order valence-corrected chi connectivity index (χ4v) is 1.70. The molecule has 0 radical (unpaired) electrons. The monoisotopic (exact) mass is 201 g/mol. The second kappa shape index (κ2) is 4.34. The Morgan fingerprint density at radius 1 is 1.54 bits per heavy atom. The Kier molecular flexibility index (Phi) is 3.39. The summed E-state index contributed by atoms with van der Waals surface area (Å²) in [6.45, 7) is 0. The zero-order chi connectivity index (χ0) is 9.84. The normalized spacial score (nSPS) is 18.6. The van der Waals surface area contributed by atoms with Crippen molar-refractivity contribution in [3.05, 3.63) is 22.6 Å². The lowest BCUT2D eigenvalue weighted by Crippen LogP contribution is -2.12. The lowest BCUT2D eigenvalue weighted by molar-refractivity contribution is -0.135. The summed E-state index contributed by atoms with van der Waals surface area (Å²) in [7, 11) is 1.23. The van der Waals surface area contributed by atoms with Gasteiger partial charge < -0.3 is 9.29 Å².